The minimum absolute atomic E-state index is 0.702. The molecule has 0 spiro atoms. The topological polar surface area (TPSA) is 38.7 Å². The van der Waals surface area contributed by atoms with Crippen molar-refractivity contribution in [2.45, 2.75) is 0 Å². The Labute approximate surface area is 371 Å². The van der Waals surface area contributed by atoms with Crippen molar-refractivity contribution in [2.75, 3.05) is 0 Å². The molecule has 0 atom stereocenters. The fourth-order valence-electron chi connectivity index (χ4n) is 8.93. The summed E-state index contributed by atoms with van der Waals surface area (Å²) in [5, 5.41) is 9.60. The molecule has 0 saturated carbocycles. The monoisotopic (exact) mass is 813 g/mol. The van der Waals surface area contributed by atoms with Crippen molar-refractivity contribution in [1.82, 2.24) is 15.0 Å². The Morgan fingerprint density at radius 2 is 0.469 bits per heavy atom. The molecule has 0 radical (unpaired) electrons. The number of aromatic nitrogens is 3. The van der Waals surface area contributed by atoms with Gasteiger partial charge in [0.15, 0.2) is 5.82 Å². The quantitative estimate of drug-likeness (QED) is 0.161. The van der Waals surface area contributed by atoms with Crippen molar-refractivity contribution < 1.29 is 0 Å². The van der Waals surface area contributed by atoms with Crippen LogP contribution in [0, 0.1) is 0 Å². The number of pyridine rings is 1. The number of hydrogen-bond donors (Lipinski definition) is 0. The second-order valence-electron chi connectivity index (χ2n) is 16.5. The first-order chi connectivity index (χ1) is 31.6. The zero-order chi connectivity index (χ0) is 42.4. The first-order valence-electron chi connectivity index (χ1n) is 21.7. The van der Waals surface area contributed by atoms with Gasteiger partial charge in [-0.1, -0.05) is 194 Å². The molecule has 0 fully saturated rings. The van der Waals surface area contributed by atoms with Crippen molar-refractivity contribution in [3.05, 3.63) is 237 Å². The third kappa shape index (κ3) is 7.15. The highest BCUT2D eigenvalue weighted by Crippen LogP contribution is 2.36. The maximum Gasteiger partial charge on any atom is 0.160 e. The van der Waals surface area contributed by atoms with E-state index in [-0.39, 0.29) is 0 Å². The number of hydrogen-bond acceptors (Lipinski definition) is 3. The lowest BCUT2D eigenvalue weighted by atomic mass is 9.96. The average molecular weight is 814 g/mol. The van der Waals surface area contributed by atoms with Crippen LogP contribution in [0.25, 0.3) is 122 Å². The zero-order valence-corrected chi connectivity index (χ0v) is 34.9. The highest BCUT2D eigenvalue weighted by Gasteiger charge is 2.14. The van der Waals surface area contributed by atoms with Gasteiger partial charge in [-0.05, 0) is 108 Å². The predicted molar refractivity (Wildman–Crippen MR) is 268 cm³/mol. The molecule has 0 aliphatic rings. The van der Waals surface area contributed by atoms with Gasteiger partial charge >= 0.3 is 0 Å². The molecule has 12 aromatic rings. The molecule has 0 amide bonds. The lowest BCUT2D eigenvalue weighted by Gasteiger charge is -2.12. The molecule has 64 heavy (non-hydrogen) atoms. The van der Waals surface area contributed by atoms with Crippen LogP contribution in [0.4, 0.5) is 0 Å². The SMILES string of the molecule is c1ccc2cc(-c3cc(-c4ccc(-c5ccc(-c6cc(-c7ccc8ccccc8c7)nc(-c7ccc8ccccc8c7)n6)cc5)cc4)nc(-c4ccc5ccccc5c4)c3)ccc2c1. The van der Waals surface area contributed by atoms with E-state index in [1.807, 2.05) is 0 Å². The van der Waals surface area contributed by atoms with E-state index in [0.717, 1.165) is 72.7 Å². The van der Waals surface area contributed by atoms with Gasteiger partial charge in [-0.15, -0.1) is 0 Å². The summed E-state index contributed by atoms with van der Waals surface area (Å²) in [6.45, 7) is 0. The van der Waals surface area contributed by atoms with Gasteiger partial charge in [0.25, 0.3) is 0 Å². The minimum Gasteiger partial charge on any atom is -0.248 e. The third-order valence-corrected chi connectivity index (χ3v) is 12.4. The molecule has 0 unspecified atom stereocenters. The highest BCUT2D eigenvalue weighted by molar-refractivity contribution is 5.92. The Morgan fingerprint density at radius 3 is 0.922 bits per heavy atom. The molecule has 3 heteroatoms. The number of benzene rings is 10. The lowest BCUT2D eigenvalue weighted by molar-refractivity contribution is 1.18. The Bertz CT molecular complexity index is 3280. The van der Waals surface area contributed by atoms with E-state index in [4.69, 9.17) is 15.0 Å². The maximum atomic E-state index is 5.29. The highest BCUT2D eigenvalue weighted by atomic mass is 14.9. The van der Waals surface area contributed by atoms with Gasteiger partial charge in [0.2, 0.25) is 0 Å². The second kappa shape index (κ2) is 15.7. The molecule has 0 aliphatic carbocycles. The molecular weight excluding hydrogens is 775 g/mol. The normalized spacial score (nSPS) is 11.4. The van der Waals surface area contributed by atoms with Gasteiger partial charge in [0.05, 0.1) is 22.8 Å². The van der Waals surface area contributed by atoms with Crippen LogP contribution in [0.15, 0.2) is 237 Å². The standard InChI is InChI=1S/C61H39N3/c1-5-13-48-33-52(29-21-40(48)9-1)56-37-57(62-58(38-56)53-30-22-41-10-2-6-14-49(41)34-53)46-25-17-44(18-26-46)45-19-27-47(28-20-45)59-39-60(54-31-23-42-11-3-7-15-50(42)35-54)64-61(63-59)55-32-24-43-12-4-8-16-51(43)36-55/h1-39H. The van der Waals surface area contributed by atoms with E-state index < -0.39 is 0 Å². The van der Waals surface area contributed by atoms with Crippen LogP contribution < -0.4 is 0 Å². The summed E-state index contributed by atoms with van der Waals surface area (Å²) in [5.41, 5.74) is 13.4. The molecule has 0 bridgehead atoms. The summed E-state index contributed by atoms with van der Waals surface area (Å²) in [6.07, 6.45) is 0. The van der Waals surface area contributed by atoms with E-state index >= 15 is 0 Å². The minimum atomic E-state index is 0.702. The molecule has 3 nitrogen and oxygen atoms in total. The summed E-state index contributed by atoms with van der Waals surface area (Å²) in [7, 11) is 0. The summed E-state index contributed by atoms with van der Waals surface area (Å²) in [5.74, 6) is 0.702. The van der Waals surface area contributed by atoms with Crippen LogP contribution in [0.1, 0.15) is 0 Å². The van der Waals surface area contributed by atoms with E-state index in [1.165, 1.54) is 43.3 Å². The lowest BCUT2D eigenvalue weighted by Crippen LogP contribution is -1.96. The van der Waals surface area contributed by atoms with Crippen LogP contribution in [0.2, 0.25) is 0 Å². The van der Waals surface area contributed by atoms with Gasteiger partial charge in [-0.2, -0.15) is 0 Å². The van der Waals surface area contributed by atoms with Crippen molar-refractivity contribution in [3.8, 4) is 78.7 Å². The van der Waals surface area contributed by atoms with Crippen LogP contribution in [-0.4, -0.2) is 15.0 Å². The molecular formula is C61H39N3. The van der Waals surface area contributed by atoms with Crippen molar-refractivity contribution >= 4 is 43.1 Å². The Morgan fingerprint density at radius 1 is 0.172 bits per heavy atom. The van der Waals surface area contributed by atoms with Crippen molar-refractivity contribution in [3.63, 3.8) is 0 Å². The molecule has 10 aromatic carbocycles. The van der Waals surface area contributed by atoms with Crippen LogP contribution >= 0.6 is 0 Å². The zero-order valence-electron chi connectivity index (χ0n) is 34.9. The Balaban J connectivity index is 0.894. The summed E-state index contributed by atoms with van der Waals surface area (Å²) >= 11 is 0. The van der Waals surface area contributed by atoms with Gasteiger partial charge < -0.3 is 0 Å². The summed E-state index contributed by atoms with van der Waals surface area (Å²) in [4.78, 5) is 15.6. The molecule has 2 aromatic heterocycles. The summed E-state index contributed by atoms with van der Waals surface area (Å²) in [6, 6.07) is 84.3. The molecule has 2 heterocycles. The van der Waals surface area contributed by atoms with Crippen LogP contribution in [-0.2, 0) is 0 Å². The first kappa shape index (κ1) is 37.2. The number of nitrogens with zero attached hydrogens (tertiary/aromatic N) is 3. The van der Waals surface area contributed by atoms with E-state index in [2.05, 4.69) is 237 Å². The molecule has 0 N–H and O–H groups in total. The second-order valence-corrected chi connectivity index (χ2v) is 16.5. The fourth-order valence-corrected chi connectivity index (χ4v) is 8.93. The van der Waals surface area contributed by atoms with Gasteiger partial charge in [0.1, 0.15) is 0 Å². The van der Waals surface area contributed by atoms with Gasteiger partial charge in [-0.3, -0.25) is 0 Å². The third-order valence-electron chi connectivity index (χ3n) is 12.4. The van der Waals surface area contributed by atoms with Gasteiger partial charge in [0, 0.05) is 27.8 Å². The van der Waals surface area contributed by atoms with E-state index in [0.29, 0.717) is 5.82 Å². The predicted octanol–water partition coefficient (Wildman–Crippen LogP) is 16.2. The largest absolute Gasteiger partial charge is 0.248 e. The number of rotatable bonds is 7. The Kier molecular flexibility index (Phi) is 9.16. The molecule has 0 aliphatic heterocycles. The van der Waals surface area contributed by atoms with E-state index in [9.17, 15) is 0 Å². The summed E-state index contributed by atoms with van der Waals surface area (Å²) < 4.78 is 0. The Hall–Kier alpha value is -8.53. The first-order valence-corrected chi connectivity index (χ1v) is 21.7. The van der Waals surface area contributed by atoms with Gasteiger partial charge in [-0.25, -0.2) is 15.0 Å². The average Bonchev–Trinajstić information content (AvgIpc) is 3.38. The van der Waals surface area contributed by atoms with E-state index in [1.54, 1.807) is 0 Å². The smallest absolute Gasteiger partial charge is 0.160 e. The number of fused-ring (bicyclic) bond motifs is 4. The molecule has 0 saturated heterocycles. The van der Waals surface area contributed by atoms with Crippen LogP contribution in [0.5, 0.6) is 0 Å². The van der Waals surface area contributed by atoms with Crippen LogP contribution in [0.3, 0.4) is 0 Å². The molecule has 298 valence electrons. The fraction of sp³-hybridized carbons (Fsp3) is 0. The maximum absolute atomic E-state index is 5.29. The van der Waals surface area contributed by atoms with Crippen molar-refractivity contribution in [1.29, 1.82) is 0 Å². The van der Waals surface area contributed by atoms with Crippen molar-refractivity contribution in [2.24, 2.45) is 0 Å². The molecule has 12 rings (SSSR count).